The minimum atomic E-state index is -4.50. The van der Waals surface area contributed by atoms with Gasteiger partial charge < -0.3 is 20.1 Å². The monoisotopic (exact) mass is 533 g/mol. The van der Waals surface area contributed by atoms with Crippen LogP contribution in [0.4, 0.5) is 24.7 Å². The molecule has 5 heterocycles. The van der Waals surface area contributed by atoms with Gasteiger partial charge in [-0.3, -0.25) is 4.79 Å². The molecule has 0 spiro atoms. The van der Waals surface area contributed by atoms with Crippen molar-refractivity contribution in [1.82, 2.24) is 25.3 Å². The van der Waals surface area contributed by atoms with Crippen molar-refractivity contribution in [3.63, 3.8) is 0 Å². The molecule has 2 unspecified atom stereocenters. The first-order valence-corrected chi connectivity index (χ1v) is 12.9. The standard InChI is InChI=1S/C25H27ClF3N7O/c1-13-6-18-17(11-36(13)19-7-20(26)33-23-16(19)4-5-30-23)24(32-12-31-18)35-9-14-2-3-15(10-35)22(14)34-21(37)8-25(27,28)29/h4-5,7,12-15,22H,2-3,6,8-11H2,1H3,(H,30,33)(H,34,37)/t13-,14?,15?,22?/m1/s1. The van der Waals surface area contributed by atoms with Crippen LogP contribution in [0.1, 0.15) is 37.4 Å². The lowest BCUT2D eigenvalue weighted by Gasteiger charge is -2.42. The van der Waals surface area contributed by atoms with Gasteiger partial charge in [0.25, 0.3) is 0 Å². The quantitative estimate of drug-likeness (QED) is 0.488. The predicted octanol–water partition coefficient (Wildman–Crippen LogP) is 4.24. The summed E-state index contributed by atoms with van der Waals surface area (Å²) in [5, 5.41) is 4.09. The van der Waals surface area contributed by atoms with E-state index in [-0.39, 0.29) is 23.9 Å². The Morgan fingerprint density at radius 3 is 2.73 bits per heavy atom. The number of fused-ring (bicyclic) bond motifs is 4. The van der Waals surface area contributed by atoms with Crippen LogP contribution in [0.3, 0.4) is 0 Å². The zero-order valence-corrected chi connectivity index (χ0v) is 21.0. The molecule has 3 aromatic heterocycles. The Kier molecular flexibility index (Phi) is 5.93. The maximum absolute atomic E-state index is 12.7. The highest BCUT2D eigenvalue weighted by atomic mass is 35.5. The molecule has 6 rings (SSSR count). The third-order valence-electron chi connectivity index (χ3n) is 7.97. The van der Waals surface area contributed by atoms with Crippen molar-refractivity contribution < 1.29 is 18.0 Å². The Bertz CT molecular complexity index is 1330. The summed E-state index contributed by atoms with van der Waals surface area (Å²) in [7, 11) is 0. The van der Waals surface area contributed by atoms with Crippen LogP contribution in [0.2, 0.25) is 5.15 Å². The zero-order valence-electron chi connectivity index (χ0n) is 20.2. The number of carbonyl (C=O) groups excluding carboxylic acids is 1. The number of aromatic nitrogens is 4. The molecular formula is C25H27ClF3N7O. The van der Waals surface area contributed by atoms with Gasteiger partial charge in [-0.2, -0.15) is 13.2 Å². The lowest BCUT2D eigenvalue weighted by atomic mass is 9.91. The van der Waals surface area contributed by atoms with Gasteiger partial charge in [-0.1, -0.05) is 11.6 Å². The Morgan fingerprint density at radius 2 is 2.00 bits per heavy atom. The SMILES string of the molecule is C[C@@H]1Cc2ncnc(N3CC4CCC(C3)C4NC(=O)CC(F)(F)F)c2CN1c1cc(Cl)nc2[nH]ccc12. The third kappa shape index (κ3) is 4.58. The van der Waals surface area contributed by atoms with E-state index in [2.05, 4.69) is 42.0 Å². The Balaban J connectivity index is 1.26. The third-order valence-corrected chi connectivity index (χ3v) is 8.16. The Hall–Kier alpha value is -3.08. The maximum atomic E-state index is 12.7. The van der Waals surface area contributed by atoms with Gasteiger partial charge in [-0.15, -0.1) is 0 Å². The second-order valence-corrected chi connectivity index (χ2v) is 10.8. The molecule has 12 heteroatoms. The van der Waals surface area contributed by atoms with Gasteiger partial charge in [0.05, 0.1) is 11.4 Å². The summed E-state index contributed by atoms with van der Waals surface area (Å²) in [6.07, 6.45) is -0.00460. The smallest absolute Gasteiger partial charge is 0.363 e. The van der Waals surface area contributed by atoms with Crippen molar-refractivity contribution in [2.45, 2.75) is 57.4 Å². The number of anilines is 2. The number of hydrogen-bond donors (Lipinski definition) is 2. The molecular weight excluding hydrogens is 507 g/mol. The number of halogens is 4. The van der Waals surface area contributed by atoms with Gasteiger partial charge in [-0.25, -0.2) is 15.0 Å². The van der Waals surface area contributed by atoms with Crippen LogP contribution < -0.4 is 15.1 Å². The molecule has 2 N–H and O–H groups in total. The van der Waals surface area contributed by atoms with E-state index >= 15 is 0 Å². The van der Waals surface area contributed by atoms with Gasteiger partial charge in [0, 0.05) is 55.3 Å². The highest BCUT2D eigenvalue weighted by molar-refractivity contribution is 6.30. The van der Waals surface area contributed by atoms with Crippen LogP contribution in [0, 0.1) is 11.8 Å². The van der Waals surface area contributed by atoms with Gasteiger partial charge in [0.1, 0.15) is 29.4 Å². The van der Waals surface area contributed by atoms with Crippen molar-refractivity contribution in [2.24, 2.45) is 11.8 Å². The average molecular weight is 534 g/mol. The molecule has 2 bridgehead atoms. The fourth-order valence-electron chi connectivity index (χ4n) is 6.36. The lowest BCUT2D eigenvalue weighted by Crippen LogP contribution is -2.53. The van der Waals surface area contributed by atoms with Crippen molar-refractivity contribution in [3.8, 4) is 0 Å². The zero-order chi connectivity index (χ0) is 25.9. The number of aromatic amines is 1. The second-order valence-electron chi connectivity index (χ2n) is 10.4. The first-order valence-electron chi connectivity index (χ1n) is 12.5. The number of piperidine rings is 1. The molecule has 1 amide bonds. The number of nitrogens with zero attached hydrogens (tertiary/aromatic N) is 5. The molecule has 2 fully saturated rings. The minimum absolute atomic E-state index is 0.0821. The van der Waals surface area contributed by atoms with Gasteiger partial charge in [-0.05, 0) is 43.7 Å². The average Bonchev–Trinajstić information content (AvgIpc) is 3.36. The van der Waals surface area contributed by atoms with E-state index in [9.17, 15) is 18.0 Å². The highest BCUT2D eigenvalue weighted by Gasteiger charge is 2.45. The summed E-state index contributed by atoms with van der Waals surface area (Å²) in [6, 6.07) is 3.82. The molecule has 2 aliphatic heterocycles. The summed E-state index contributed by atoms with van der Waals surface area (Å²) >= 11 is 6.34. The largest absolute Gasteiger partial charge is 0.397 e. The van der Waals surface area contributed by atoms with E-state index in [1.165, 1.54) is 0 Å². The maximum Gasteiger partial charge on any atom is 0.397 e. The molecule has 196 valence electrons. The van der Waals surface area contributed by atoms with Crippen LogP contribution in [0.5, 0.6) is 0 Å². The summed E-state index contributed by atoms with van der Waals surface area (Å²) < 4.78 is 38.1. The second kappa shape index (κ2) is 9.04. The number of carbonyl (C=O) groups is 1. The molecule has 0 aromatic carbocycles. The fraction of sp³-hybridized carbons (Fsp3) is 0.520. The van der Waals surface area contributed by atoms with Crippen LogP contribution in [0.25, 0.3) is 11.0 Å². The fourth-order valence-corrected chi connectivity index (χ4v) is 6.55. The van der Waals surface area contributed by atoms with E-state index in [4.69, 9.17) is 11.6 Å². The van der Waals surface area contributed by atoms with Crippen LogP contribution >= 0.6 is 11.6 Å². The summed E-state index contributed by atoms with van der Waals surface area (Å²) in [6.45, 7) is 4.03. The number of nitrogens with one attached hydrogen (secondary N) is 2. The number of hydrogen-bond acceptors (Lipinski definition) is 6. The van der Waals surface area contributed by atoms with E-state index in [0.29, 0.717) is 24.8 Å². The topological polar surface area (TPSA) is 90.0 Å². The van der Waals surface area contributed by atoms with Crippen molar-refractivity contribution in [2.75, 3.05) is 22.9 Å². The lowest BCUT2D eigenvalue weighted by molar-refractivity contribution is -0.154. The molecule has 37 heavy (non-hydrogen) atoms. The van der Waals surface area contributed by atoms with E-state index in [1.54, 1.807) is 6.33 Å². The minimum Gasteiger partial charge on any atom is -0.363 e. The van der Waals surface area contributed by atoms with E-state index in [0.717, 1.165) is 53.1 Å². The Morgan fingerprint density at radius 1 is 1.24 bits per heavy atom. The van der Waals surface area contributed by atoms with Gasteiger partial charge in [0.2, 0.25) is 5.91 Å². The van der Waals surface area contributed by atoms with E-state index < -0.39 is 18.5 Å². The van der Waals surface area contributed by atoms with Crippen molar-refractivity contribution in [3.05, 3.63) is 41.1 Å². The first kappa shape index (κ1) is 24.3. The van der Waals surface area contributed by atoms with Crippen molar-refractivity contribution >= 4 is 40.0 Å². The molecule has 3 aliphatic rings. The molecule has 1 saturated heterocycles. The molecule has 8 nitrogen and oxygen atoms in total. The molecule has 1 aliphatic carbocycles. The number of amides is 1. The molecule has 3 atom stereocenters. The number of rotatable bonds is 4. The molecule has 0 radical (unpaired) electrons. The predicted molar refractivity (Wildman–Crippen MR) is 134 cm³/mol. The van der Waals surface area contributed by atoms with Crippen molar-refractivity contribution in [1.29, 1.82) is 0 Å². The molecule has 3 aromatic rings. The summed E-state index contributed by atoms with van der Waals surface area (Å²) in [5.41, 5.74) is 3.79. The summed E-state index contributed by atoms with van der Waals surface area (Å²) in [5.74, 6) is 0.0839. The summed E-state index contributed by atoms with van der Waals surface area (Å²) in [4.78, 5) is 33.3. The van der Waals surface area contributed by atoms with Gasteiger partial charge >= 0.3 is 6.18 Å². The number of H-pyrrole nitrogens is 1. The van der Waals surface area contributed by atoms with Crippen LogP contribution in [0.15, 0.2) is 24.7 Å². The normalized spacial score (nSPS) is 25.4. The van der Waals surface area contributed by atoms with E-state index in [1.807, 2.05) is 18.3 Å². The molecule has 1 saturated carbocycles. The van der Waals surface area contributed by atoms with Gasteiger partial charge in [0.15, 0.2) is 0 Å². The highest BCUT2D eigenvalue weighted by Crippen LogP contribution is 2.41. The first-order chi connectivity index (χ1) is 17.7. The number of alkyl halides is 3. The number of pyridine rings is 1. The Labute approximate surface area is 216 Å². The van der Waals surface area contributed by atoms with Crippen LogP contribution in [-0.4, -0.2) is 57.2 Å². The van der Waals surface area contributed by atoms with Crippen LogP contribution in [-0.2, 0) is 17.8 Å².